The van der Waals surface area contributed by atoms with Gasteiger partial charge in [-0.05, 0) is 50.5 Å². The quantitative estimate of drug-likeness (QED) is 0.619. The van der Waals surface area contributed by atoms with E-state index in [0.29, 0.717) is 17.7 Å². The van der Waals surface area contributed by atoms with Crippen LogP contribution in [0, 0.1) is 11.6 Å². The lowest BCUT2D eigenvalue weighted by Gasteiger charge is -2.47. The van der Waals surface area contributed by atoms with Crippen molar-refractivity contribution < 1.29 is 23.1 Å². The van der Waals surface area contributed by atoms with Gasteiger partial charge in [-0.25, -0.2) is 8.78 Å². The number of halogens is 3. The van der Waals surface area contributed by atoms with Crippen LogP contribution in [-0.4, -0.2) is 35.2 Å². The molecule has 0 saturated carbocycles. The fourth-order valence-corrected chi connectivity index (χ4v) is 5.02. The molecule has 8 heteroatoms. The summed E-state index contributed by atoms with van der Waals surface area (Å²) in [5.74, 6) is -2.35. The number of rotatable bonds is 6. The molecule has 5 nitrogen and oxygen atoms in total. The normalized spacial score (nSPS) is 22.4. The molecule has 1 N–H and O–H groups in total. The van der Waals surface area contributed by atoms with Gasteiger partial charge in [-0.15, -0.1) is 11.6 Å². The standard InChI is InChI=1S/C24H25ClF2N2O3/c1-14(2)32-18-9-8-16(26)21(27)20(18)22-24(11-10-19(30)29(22)13-5-12-25)15-6-3-4-7-17(15)28-23(24)31/h3-4,6-9,14,22H,5,10-13H2,1-2H3,(H,28,31). The number of fused-ring (bicyclic) bond motifs is 2. The summed E-state index contributed by atoms with van der Waals surface area (Å²) in [5.41, 5.74) is -0.122. The minimum atomic E-state index is -1.28. The summed E-state index contributed by atoms with van der Waals surface area (Å²) < 4.78 is 35.9. The molecule has 2 amide bonds. The Kier molecular flexibility index (Phi) is 6.12. The van der Waals surface area contributed by atoms with E-state index in [-0.39, 0.29) is 54.5 Å². The van der Waals surface area contributed by atoms with Gasteiger partial charge in [0.25, 0.3) is 0 Å². The molecule has 2 atom stereocenters. The number of alkyl halides is 1. The molecular formula is C24H25ClF2N2O3. The van der Waals surface area contributed by atoms with Gasteiger partial charge < -0.3 is 15.0 Å². The third-order valence-electron chi connectivity index (χ3n) is 6.15. The van der Waals surface area contributed by atoms with Crippen molar-refractivity contribution in [1.29, 1.82) is 0 Å². The van der Waals surface area contributed by atoms with E-state index in [2.05, 4.69) is 5.32 Å². The van der Waals surface area contributed by atoms with E-state index in [1.54, 1.807) is 38.1 Å². The highest BCUT2D eigenvalue weighted by Gasteiger charge is 2.59. The van der Waals surface area contributed by atoms with Crippen molar-refractivity contribution in [3.05, 3.63) is 59.2 Å². The number of carbonyl (C=O) groups is 2. The fraction of sp³-hybridized carbons (Fsp3) is 0.417. The van der Waals surface area contributed by atoms with Crippen molar-refractivity contribution in [2.75, 3.05) is 17.7 Å². The number of ether oxygens (including phenoxy) is 1. The zero-order valence-electron chi connectivity index (χ0n) is 18.0. The van der Waals surface area contributed by atoms with E-state index >= 15 is 4.39 Å². The molecule has 2 unspecified atom stereocenters. The Morgan fingerprint density at radius 3 is 2.69 bits per heavy atom. The topological polar surface area (TPSA) is 58.6 Å². The molecule has 170 valence electrons. The summed E-state index contributed by atoms with van der Waals surface area (Å²) >= 11 is 5.90. The molecule has 1 saturated heterocycles. The second kappa shape index (κ2) is 8.70. The van der Waals surface area contributed by atoms with Crippen molar-refractivity contribution in [2.45, 2.75) is 50.7 Å². The Morgan fingerprint density at radius 2 is 1.97 bits per heavy atom. The number of anilines is 1. The molecule has 2 aromatic carbocycles. The number of hydrogen-bond acceptors (Lipinski definition) is 3. The number of nitrogens with zero attached hydrogens (tertiary/aromatic N) is 1. The molecule has 0 aromatic heterocycles. The zero-order chi connectivity index (χ0) is 23.0. The lowest BCUT2D eigenvalue weighted by Crippen LogP contribution is -2.55. The van der Waals surface area contributed by atoms with Crippen LogP contribution in [0.2, 0.25) is 0 Å². The average molecular weight is 463 g/mol. The van der Waals surface area contributed by atoms with Gasteiger partial charge in [-0.2, -0.15) is 0 Å². The van der Waals surface area contributed by atoms with Crippen molar-refractivity contribution in [3.63, 3.8) is 0 Å². The van der Waals surface area contributed by atoms with Crippen LogP contribution in [0.15, 0.2) is 36.4 Å². The predicted molar refractivity (Wildman–Crippen MR) is 118 cm³/mol. The monoisotopic (exact) mass is 462 g/mol. The first-order valence-corrected chi connectivity index (χ1v) is 11.3. The van der Waals surface area contributed by atoms with Crippen LogP contribution < -0.4 is 10.1 Å². The van der Waals surface area contributed by atoms with Gasteiger partial charge in [0.2, 0.25) is 11.8 Å². The third kappa shape index (κ3) is 3.52. The maximum absolute atomic E-state index is 15.5. The lowest BCUT2D eigenvalue weighted by atomic mass is 9.66. The number of likely N-dealkylation sites (tertiary alicyclic amines) is 1. The van der Waals surface area contributed by atoms with Gasteiger partial charge in [0.05, 0.1) is 17.7 Å². The van der Waals surface area contributed by atoms with Crippen LogP contribution >= 0.6 is 11.6 Å². The van der Waals surface area contributed by atoms with Gasteiger partial charge in [-0.1, -0.05) is 18.2 Å². The molecule has 1 spiro atoms. The summed E-state index contributed by atoms with van der Waals surface area (Å²) in [6.07, 6.45) is 0.404. The van der Waals surface area contributed by atoms with Crippen molar-refractivity contribution in [2.24, 2.45) is 0 Å². The van der Waals surface area contributed by atoms with Gasteiger partial charge in [0, 0.05) is 24.5 Å². The zero-order valence-corrected chi connectivity index (χ0v) is 18.7. The molecule has 1 fully saturated rings. The molecule has 2 heterocycles. The van der Waals surface area contributed by atoms with Gasteiger partial charge >= 0.3 is 0 Å². The second-order valence-electron chi connectivity index (χ2n) is 8.44. The smallest absolute Gasteiger partial charge is 0.237 e. The summed E-state index contributed by atoms with van der Waals surface area (Å²) in [4.78, 5) is 28.1. The molecular weight excluding hydrogens is 438 g/mol. The highest BCUT2D eigenvalue weighted by Crippen LogP contribution is 2.56. The minimum absolute atomic E-state index is 0.109. The van der Waals surface area contributed by atoms with Crippen molar-refractivity contribution in [1.82, 2.24) is 4.90 Å². The Labute approximate surface area is 190 Å². The largest absolute Gasteiger partial charge is 0.491 e. The van der Waals surface area contributed by atoms with E-state index in [1.165, 1.54) is 11.0 Å². The van der Waals surface area contributed by atoms with Crippen LogP contribution in [0.25, 0.3) is 0 Å². The Hall–Kier alpha value is -2.67. The minimum Gasteiger partial charge on any atom is -0.491 e. The molecule has 4 rings (SSSR count). The average Bonchev–Trinajstić information content (AvgIpc) is 3.04. The highest BCUT2D eigenvalue weighted by atomic mass is 35.5. The van der Waals surface area contributed by atoms with Crippen LogP contribution in [0.3, 0.4) is 0 Å². The molecule has 2 aliphatic rings. The number of nitrogens with one attached hydrogen (secondary N) is 1. The maximum Gasteiger partial charge on any atom is 0.237 e. The first-order valence-electron chi connectivity index (χ1n) is 10.7. The van der Waals surface area contributed by atoms with Gasteiger partial charge in [0.1, 0.15) is 11.2 Å². The van der Waals surface area contributed by atoms with Crippen molar-refractivity contribution in [3.8, 4) is 5.75 Å². The van der Waals surface area contributed by atoms with Crippen LogP contribution in [-0.2, 0) is 15.0 Å². The van der Waals surface area contributed by atoms with Gasteiger partial charge in [0.15, 0.2) is 11.6 Å². The van der Waals surface area contributed by atoms with E-state index in [9.17, 15) is 14.0 Å². The Morgan fingerprint density at radius 1 is 1.22 bits per heavy atom. The van der Waals surface area contributed by atoms with E-state index in [1.807, 2.05) is 0 Å². The van der Waals surface area contributed by atoms with Gasteiger partial charge in [-0.3, -0.25) is 9.59 Å². The predicted octanol–water partition coefficient (Wildman–Crippen LogP) is 4.93. The molecule has 2 aromatic rings. The van der Waals surface area contributed by atoms with E-state index < -0.39 is 23.1 Å². The Balaban J connectivity index is 2.01. The van der Waals surface area contributed by atoms with Crippen LogP contribution in [0.4, 0.5) is 14.5 Å². The van der Waals surface area contributed by atoms with Crippen molar-refractivity contribution >= 4 is 29.1 Å². The summed E-state index contributed by atoms with van der Waals surface area (Å²) in [7, 11) is 0. The number of amides is 2. The highest BCUT2D eigenvalue weighted by molar-refractivity contribution is 6.17. The van der Waals surface area contributed by atoms with Crippen LogP contribution in [0.5, 0.6) is 5.75 Å². The fourth-order valence-electron chi connectivity index (χ4n) is 4.90. The first kappa shape index (κ1) is 22.5. The summed E-state index contributed by atoms with van der Waals surface area (Å²) in [6.45, 7) is 3.76. The molecule has 0 aliphatic carbocycles. The number of hydrogen-bond donors (Lipinski definition) is 1. The molecule has 2 aliphatic heterocycles. The molecule has 0 radical (unpaired) electrons. The van der Waals surface area contributed by atoms with E-state index in [4.69, 9.17) is 16.3 Å². The lowest BCUT2D eigenvalue weighted by molar-refractivity contribution is -0.144. The molecule has 32 heavy (non-hydrogen) atoms. The summed E-state index contributed by atoms with van der Waals surface area (Å²) in [5, 5.41) is 2.88. The number of piperidine rings is 1. The SMILES string of the molecule is CC(C)Oc1ccc(F)c(F)c1C1N(CCCCl)C(=O)CCC12C(=O)Nc1ccccc12. The Bertz CT molecular complexity index is 1060. The summed E-state index contributed by atoms with van der Waals surface area (Å²) in [6, 6.07) is 8.44. The maximum atomic E-state index is 15.5. The molecule has 0 bridgehead atoms. The number of carbonyl (C=O) groups excluding carboxylic acids is 2. The second-order valence-corrected chi connectivity index (χ2v) is 8.82. The third-order valence-corrected chi connectivity index (χ3v) is 6.42. The van der Waals surface area contributed by atoms with E-state index in [0.717, 1.165) is 6.07 Å². The van der Waals surface area contributed by atoms with Crippen LogP contribution in [0.1, 0.15) is 50.3 Å². The first-order chi connectivity index (χ1) is 15.3. The number of benzene rings is 2. The number of para-hydroxylation sites is 1.